The van der Waals surface area contributed by atoms with Crippen molar-refractivity contribution in [3.05, 3.63) is 83.4 Å². The third-order valence-electron chi connectivity index (χ3n) is 9.16. The molecule has 1 amide bonds. The number of carbonyl (C=O) groups is 2. The Hall–Kier alpha value is -3.29. The number of unbranched alkanes of at least 4 members (excludes halogenated alkanes) is 2. The summed E-state index contributed by atoms with van der Waals surface area (Å²) in [6.07, 6.45) is 10.9. The Bertz CT molecular complexity index is 1370. The van der Waals surface area contributed by atoms with Crippen LogP contribution in [0, 0.1) is 0 Å². The van der Waals surface area contributed by atoms with Crippen LogP contribution in [0.1, 0.15) is 68.1 Å². The lowest BCUT2D eigenvalue weighted by atomic mass is 9.70. The highest BCUT2D eigenvalue weighted by Crippen LogP contribution is 2.45. The van der Waals surface area contributed by atoms with Gasteiger partial charge in [-0.15, -0.1) is 13.2 Å². The third kappa shape index (κ3) is 6.48. The van der Waals surface area contributed by atoms with E-state index in [-0.39, 0.29) is 17.4 Å². The van der Waals surface area contributed by atoms with Crippen molar-refractivity contribution in [3.63, 3.8) is 0 Å². The minimum absolute atomic E-state index is 0.114. The number of esters is 1. The molecule has 7 nitrogen and oxygen atoms in total. The number of hydrogen-bond acceptors (Lipinski definition) is 6. The number of aryl methyl sites for hydroxylation is 1. The predicted octanol–water partition coefficient (Wildman–Crippen LogP) is 6.10. The highest BCUT2D eigenvalue weighted by molar-refractivity contribution is 6.30. The summed E-state index contributed by atoms with van der Waals surface area (Å²) < 4.78 is 11.6. The first kappa shape index (κ1) is 31.1. The van der Waals surface area contributed by atoms with Crippen molar-refractivity contribution in [2.24, 2.45) is 0 Å². The molecule has 1 aliphatic heterocycles. The molecule has 2 aliphatic carbocycles. The van der Waals surface area contributed by atoms with Crippen LogP contribution >= 0.6 is 11.6 Å². The molecule has 2 atom stereocenters. The van der Waals surface area contributed by atoms with Gasteiger partial charge < -0.3 is 24.4 Å². The van der Waals surface area contributed by atoms with Crippen LogP contribution in [-0.4, -0.2) is 61.3 Å². The Morgan fingerprint density at radius 3 is 2.74 bits per heavy atom. The molecule has 43 heavy (non-hydrogen) atoms. The number of amides is 1. The van der Waals surface area contributed by atoms with Crippen molar-refractivity contribution in [2.45, 2.75) is 74.8 Å². The smallest absolute Gasteiger partial charge is 0.343 e. The molecular formula is C35H43ClN2O5. The fourth-order valence-corrected chi connectivity index (χ4v) is 6.96. The molecule has 0 radical (unpaired) electrons. The van der Waals surface area contributed by atoms with E-state index in [1.807, 2.05) is 24.3 Å². The number of nitrogens with zero attached hydrogens (tertiary/aromatic N) is 2. The molecule has 0 bridgehead atoms. The van der Waals surface area contributed by atoms with E-state index in [0.29, 0.717) is 24.5 Å². The Kier molecular flexibility index (Phi) is 9.52. The molecule has 1 heterocycles. The zero-order chi connectivity index (χ0) is 30.6. The zero-order valence-electron chi connectivity index (χ0n) is 25.2. The lowest BCUT2D eigenvalue weighted by Gasteiger charge is -2.41. The number of ether oxygens (including phenoxy) is 2. The van der Waals surface area contributed by atoms with Gasteiger partial charge in [-0.05, 0) is 92.3 Å². The third-order valence-corrected chi connectivity index (χ3v) is 9.40. The average molecular weight is 607 g/mol. The standard InChI is InChI=1S/C35H43ClN2O5/c1-4-6-7-8-19-37-23-34(17-9-10-25-20-27(36)12-15-29(25)34)24-43-31-16-11-26(21-30(31)37)35(41,33(40)42-3)22-32(39)38(18-5-2)28-13-14-28/h4-5,11-12,15-16,20-21,28,41H,1-2,6-10,13-14,17-19,22-24H2,3H3/t34-,35+/m0/s1. The number of rotatable bonds is 12. The number of benzene rings is 2. The first-order valence-electron chi connectivity index (χ1n) is 15.4. The number of allylic oxidation sites excluding steroid dienone is 1. The predicted molar refractivity (Wildman–Crippen MR) is 170 cm³/mol. The van der Waals surface area contributed by atoms with Crippen LogP contribution in [0.15, 0.2) is 61.7 Å². The normalized spacial score (nSPS) is 20.6. The number of aliphatic hydroxyl groups is 1. The second-order valence-corrected chi connectivity index (χ2v) is 12.6. The fraction of sp³-hybridized carbons (Fsp3) is 0.486. The van der Waals surface area contributed by atoms with Crippen molar-refractivity contribution in [1.29, 1.82) is 0 Å². The summed E-state index contributed by atoms with van der Waals surface area (Å²) in [5, 5.41) is 12.7. The summed E-state index contributed by atoms with van der Waals surface area (Å²) in [6.45, 7) is 10.0. The van der Waals surface area contributed by atoms with Crippen molar-refractivity contribution in [1.82, 2.24) is 4.90 Å². The number of hydrogen-bond donors (Lipinski definition) is 1. The van der Waals surface area contributed by atoms with E-state index in [9.17, 15) is 14.7 Å². The molecule has 2 aromatic carbocycles. The number of anilines is 1. The molecule has 1 N–H and O–H groups in total. The molecule has 0 unspecified atom stereocenters. The van der Waals surface area contributed by atoms with Gasteiger partial charge >= 0.3 is 5.97 Å². The van der Waals surface area contributed by atoms with Crippen LogP contribution in [0.3, 0.4) is 0 Å². The van der Waals surface area contributed by atoms with Gasteiger partial charge in [-0.25, -0.2) is 4.79 Å². The quantitative estimate of drug-likeness (QED) is 0.179. The van der Waals surface area contributed by atoms with Gasteiger partial charge in [0.1, 0.15) is 5.75 Å². The molecule has 1 saturated carbocycles. The summed E-state index contributed by atoms with van der Waals surface area (Å²) in [7, 11) is 1.23. The van der Waals surface area contributed by atoms with E-state index in [1.165, 1.54) is 18.2 Å². The van der Waals surface area contributed by atoms with E-state index in [2.05, 4.69) is 30.2 Å². The van der Waals surface area contributed by atoms with Crippen LogP contribution in [-0.2, 0) is 31.8 Å². The summed E-state index contributed by atoms with van der Waals surface area (Å²) in [4.78, 5) is 30.6. The number of carbonyl (C=O) groups excluding carboxylic acids is 2. The van der Waals surface area contributed by atoms with Crippen molar-refractivity contribution >= 4 is 29.2 Å². The Morgan fingerprint density at radius 1 is 1.21 bits per heavy atom. The van der Waals surface area contributed by atoms with E-state index in [1.54, 1.807) is 17.0 Å². The summed E-state index contributed by atoms with van der Waals surface area (Å²) in [5.41, 5.74) is 1.26. The Morgan fingerprint density at radius 2 is 2.02 bits per heavy atom. The molecule has 2 aromatic rings. The Labute approximate surface area is 260 Å². The number of halogens is 1. The zero-order valence-corrected chi connectivity index (χ0v) is 25.9. The first-order valence-corrected chi connectivity index (χ1v) is 15.8. The van der Waals surface area contributed by atoms with Crippen LogP contribution in [0.25, 0.3) is 0 Å². The van der Waals surface area contributed by atoms with Crippen LogP contribution in [0.4, 0.5) is 5.69 Å². The van der Waals surface area contributed by atoms with Crippen molar-refractivity contribution < 1.29 is 24.2 Å². The van der Waals surface area contributed by atoms with E-state index in [0.717, 1.165) is 75.2 Å². The molecule has 230 valence electrons. The molecule has 8 heteroatoms. The topological polar surface area (TPSA) is 79.3 Å². The maximum absolute atomic E-state index is 13.4. The second-order valence-electron chi connectivity index (χ2n) is 12.2. The molecule has 1 fully saturated rings. The van der Waals surface area contributed by atoms with Gasteiger partial charge in [-0.3, -0.25) is 4.79 Å². The molecule has 0 saturated heterocycles. The maximum Gasteiger partial charge on any atom is 0.343 e. The minimum atomic E-state index is -2.15. The largest absolute Gasteiger partial charge is 0.490 e. The SMILES string of the molecule is C=CCCCCN1C[C@@]2(CCCc3cc(Cl)ccc32)COc2ccc([C@](O)(CC(=O)N(CC=C)C3CC3)C(=O)OC)cc21. The average Bonchev–Trinajstić information content (AvgIpc) is 3.86. The lowest BCUT2D eigenvalue weighted by Crippen LogP contribution is -2.46. The van der Waals surface area contributed by atoms with Crippen molar-refractivity contribution in [2.75, 3.05) is 38.3 Å². The molecule has 1 spiro atoms. The van der Waals surface area contributed by atoms with E-state index in [4.69, 9.17) is 21.1 Å². The van der Waals surface area contributed by atoms with Crippen LogP contribution in [0.5, 0.6) is 5.75 Å². The number of fused-ring (bicyclic) bond motifs is 3. The van der Waals surface area contributed by atoms with Gasteiger partial charge in [-0.2, -0.15) is 0 Å². The minimum Gasteiger partial charge on any atom is -0.490 e. The van der Waals surface area contributed by atoms with Gasteiger partial charge in [-0.1, -0.05) is 35.9 Å². The van der Waals surface area contributed by atoms with Crippen molar-refractivity contribution in [3.8, 4) is 5.75 Å². The summed E-state index contributed by atoms with van der Waals surface area (Å²) in [5.74, 6) is -0.480. The van der Waals surface area contributed by atoms with Gasteiger partial charge in [0.25, 0.3) is 0 Å². The monoisotopic (exact) mass is 606 g/mol. The molecule has 0 aromatic heterocycles. The second kappa shape index (κ2) is 13.1. The fourth-order valence-electron chi connectivity index (χ4n) is 6.76. The van der Waals surface area contributed by atoms with Crippen LogP contribution in [0.2, 0.25) is 5.02 Å². The molecular weight excluding hydrogens is 564 g/mol. The molecule has 5 rings (SSSR count). The highest BCUT2D eigenvalue weighted by Gasteiger charge is 2.46. The van der Waals surface area contributed by atoms with Gasteiger partial charge in [0.15, 0.2) is 5.60 Å². The van der Waals surface area contributed by atoms with E-state index < -0.39 is 18.0 Å². The van der Waals surface area contributed by atoms with Gasteiger partial charge in [0.05, 0.1) is 25.8 Å². The maximum atomic E-state index is 13.4. The first-order chi connectivity index (χ1) is 20.7. The molecule has 3 aliphatic rings. The van der Waals surface area contributed by atoms with E-state index >= 15 is 0 Å². The summed E-state index contributed by atoms with van der Waals surface area (Å²) >= 11 is 6.38. The number of methoxy groups -OCH3 is 1. The van der Waals surface area contributed by atoms with Gasteiger partial charge in [0.2, 0.25) is 5.91 Å². The lowest BCUT2D eigenvalue weighted by molar-refractivity contribution is -0.168. The van der Waals surface area contributed by atoms with Gasteiger partial charge in [0, 0.05) is 36.1 Å². The summed E-state index contributed by atoms with van der Waals surface area (Å²) in [6, 6.07) is 11.6. The Balaban J connectivity index is 1.52. The van der Waals surface area contributed by atoms with Crippen LogP contribution < -0.4 is 9.64 Å². The highest BCUT2D eigenvalue weighted by atomic mass is 35.5.